The molecule has 4 nitrogen and oxygen atoms in total. The van der Waals surface area contributed by atoms with Gasteiger partial charge in [0.2, 0.25) is 0 Å². The Kier molecular flexibility index (Phi) is 4.09. The van der Waals surface area contributed by atoms with Gasteiger partial charge in [-0.05, 0) is 34.5 Å². The minimum absolute atomic E-state index is 0.0874. The quantitative estimate of drug-likeness (QED) is 0.810. The first-order valence-electron chi connectivity index (χ1n) is 6.02. The van der Waals surface area contributed by atoms with Gasteiger partial charge in [-0.3, -0.25) is 4.79 Å². The molecule has 0 amide bonds. The lowest BCUT2D eigenvalue weighted by Crippen LogP contribution is -2.08. The molecule has 0 aliphatic rings. The van der Waals surface area contributed by atoms with Gasteiger partial charge in [-0.25, -0.2) is 9.07 Å². The van der Waals surface area contributed by atoms with Crippen molar-refractivity contribution in [3.63, 3.8) is 0 Å². The van der Waals surface area contributed by atoms with Gasteiger partial charge >= 0.3 is 0 Å². The van der Waals surface area contributed by atoms with E-state index >= 15 is 0 Å². The third-order valence-corrected chi connectivity index (χ3v) is 3.47. The van der Waals surface area contributed by atoms with Crippen molar-refractivity contribution in [2.45, 2.75) is 26.7 Å². The lowest BCUT2D eigenvalue weighted by molar-refractivity contribution is 0.0982. The third-order valence-electron chi connectivity index (χ3n) is 2.83. The van der Waals surface area contributed by atoms with Gasteiger partial charge in [-0.15, -0.1) is 5.10 Å². The molecule has 0 aliphatic carbocycles. The van der Waals surface area contributed by atoms with Crippen LogP contribution >= 0.6 is 15.9 Å². The standard InChI is InChI=1S/C13H13BrFN3O/c1-3-10-12(11(19)4-2)16-17-18(10)13-8(14)6-5-7-9(13)15/h5-7H,3-4H2,1-2H3. The van der Waals surface area contributed by atoms with Gasteiger partial charge in [-0.1, -0.05) is 25.1 Å². The summed E-state index contributed by atoms with van der Waals surface area (Å²) in [4.78, 5) is 11.8. The molecular formula is C13H13BrFN3O. The van der Waals surface area contributed by atoms with Gasteiger partial charge in [0.1, 0.15) is 11.5 Å². The van der Waals surface area contributed by atoms with Crippen LogP contribution in [-0.2, 0) is 6.42 Å². The number of benzene rings is 1. The number of hydrogen-bond donors (Lipinski definition) is 0. The molecule has 0 atom stereocenters. The van der Waals surface area contributed by atoms with Crippen molar-refractivity contribution in [1.82, 2.24) is 15.0 Å². The average Bonchev–Trinajstić information content (AvgIpc) is 2.81. The third kappa shape index (κ3) is 2.45. The number of aromatic nitrogens is 3. The van der Waals surface area contributed by atoms with Gasteiger partial charge in [0, 0.05) is 10.9 Å². The first-order chi connectivity index (χ1) is 9.10. The second-order valence-electron chi connectivity index (χ2n) is 4.00. The summed E-state index contributed by atoms with van der Waals surface area (Å²) >= 11 is 3.30. The predicted octanol–water partition coefficient (Wildman–Crippen LogP) is 3.32. The van der Waals surface area contributed by atoms with Gasteiger partial charge in [0.15, 0.2) is 11.5 Å². The largest absolute Gasteiger partial charge is 0.292 e. The van der Waals surface area contributed by atoms with Gasteiger partial charge in [-0.2, -0.15) is 0 Å². The molecule has 0 saturated heterocycles. The summed E-state index contributed by atoms with van der Waals surface area (Å²) < 4.78 is 15.9. The average molecular weight is 326 g/mol. The fourth-order valence-electron chi connectivity index (χ4n) is 1.87. The molecule has 2 rings (SSSR count). The van der Waals surface area contributed by atoms with E-state index in [1.807, 2.05) is 6.92 Å². The van der Waals surface area contributed by atoms with Crippen molar-refractivity contribution in [2.24, 2.45) is 0 Å². The van der Waals surface area contributed by atoms with Gasteiger partial charge in [0.05, 0.1) is 5.69 Å². The Bertz CT molecular complexity index is 604. The van der Waals surface area contributed by atoms with Crippen LogP contribution in [0.15, 0.2) is 22.7 Å². The monoisotopic (exact) mass is 325 g/mol. The Morgan fingerprint density at radius 3 is 2.74 bits per heavy atom. The lowest BCUT2D eigenvalue weighted by atomic mass is 10.1. The number of nitrogens with zero attached hydrogens (tertiary/aromatic N) is 3. The maximum absolute atomic E-state index is 13.9. The molecule has 0 bridgehead atoms. The Hall–Kier alpha value is -1.56. The van der Waals surface area contributed by atoms with Gasteiger partial charge < -0.3 is 0 Å². The minimum atomic E-state index is -0.413. The smallest absolute Gasteiger partial charge is 0.184 e. The van der Waals surface area contributed by atoms with Crippen LogP contribution in [0, 0.1) is 5.82 Å². The van der Waals surface area contributed by atoms with Crippen LogP contribution in [0.25, 0.3) is 5.69 Å². The molecule has 2 aromatic rings. The van der Waals surface area contributed by atoms with E-state index in [2.05, 4.69) is 26.2 Å². The van der Waals surface area contributed by atoms with Crippen molar-refractivity contribution >= 4 is 21.7 Å². The van der Waals surface area contributed by atoms with Crippen LogP contribution in [0.5, 0.6) is 0 Å². The van der Waals surface area contributed by atoms with Crippen LogP contribution < -0.4 is 0 Å². The van der Waals surface area contributed by atoms with Crippen molar-refractivity contribution in [2.75, 3.05) is 0 Å². The molecule has 0 fully saturated rings. The van der Waals surface area contributed by atoms with E-state index < -0.39 is 5.82 Å². The number of ketones is 1. The van der Waals surface area contributed by atoms with Crippen molar-refractivity contribution in [3.05, 3.63) is 39.9 Å². The Morgan fingerprint density at radius 2 is 2.16 bits per heavy atom. The second kappa shape index (κ2) is 5.61. The molecule has 19 heavy (non-hydrogen) atoms. The molecule has 1 heterocycles. The lowest BCUT2D eigenvalue weighted by Gasteiger charge is -2.08. The number of carbonyl (C=O) groups is 1. The molecule has 0 N–H and O–H groups in total. The maximum atomic E-state index is 13.9. The van der Waals surface area contributed by atoms with E-state index in [0.717, 1.165) is 0 Å². The molecule has 0 spiro atoms. The molecule has 1 aromatic carbocycles. The normalized spacial score (nSPS) is 10.7. The van der Waals surface area contributed by atoms with E-state index in [0.29, 0.717) is 28.7 Å². The number of halogens is 2. The Labute approximate surface area is 118 Å². The fourth-order valence-corrected chi connectivity index (χ4v) is 2.38. The molecular weight excluding hydrogens is 313 g/mol. The van der Waals surface area contributed by atoms with E-state index in [1.54, 1.807) is 19.1 Å². The Morgan fingerprint density at radius 1 is 1.42 bits per heavy atom. The van der Waals surface area contributed by atoms with E-state index in [1.165, 1.54) is 10.7 Å². The van der Waals surface area contributed by atoms with E-state index in [4.69, 9.17) is 0 Å². The predicted molar refractivity (Wildman–Crippen MR) is 73.0 cm³/mol. The van der Waals surface area contributed by atoms with E-state index in [9.17, 15) is 9.18 Å². The van der Waals surface area contributed by atoms with Crippen molar-refractivity contribution < 1.29 is 9.18 Å². The van der Waals surface area contributed by atoms with E-state index in [-0.39, 0.29) is 11.5 Å². The van der Waals surface area contributed by atoms with Crippen LogP contribution in [0.4, 0.5) is 4.39 Å². The summed E-state index contributed by atoms with van der Waals surface area (Å²) in [5.74, 6) is -0.500. The summed E-state index contributed by atoms with van der Waals surface area (Å²) in [6.07, 6.45) is 0.902. The number of carbonyl (C=O) groups excluding carboxylic acids is 1. The SMILES string of the molecule is CCC(=O)c1nnn(-c2c(F)cccc2Br)c1CC. The van der Waals surface area contributed by atoms with Crippen LogP contribution in [0.1, 0.15) is 36.5 Å². The molecule has 100 valence electrons. The summed E-state index contributed by atoms with van der Waals surface area (Å²) in [6.45, 7) is 3.65. The first kappa shape index (κ1) is 13.9. The molecule has 0 radical (unpaired) electrons. The second-order valence-corrected chi connectivity index (χ2v) is 4.85. The number of Topliss-reactive ketones (excluding diaryl/α,β-unsaturated/α-hetero) is 1. The summed E-state index contributed by atoms with van der Waals surface area (Å²) in [5, 5.41) is 7.82. The molecule has 6 heteroatoms. The van der Waals surface area contributed by atoms with Crippen molar-refractivity contribution in [3.8, 4) is 5.69 Å². The highest BCUT2D eigenvalue weighted by atomic mass is 79.9. The van der Waals surface area contributed by atoms with Crippen LogP contribution in [-0.4, -0.2) is 20.8 Å². The maximum Gasteiger partial charge on any atom is 0.184 e. The van der Waals surface area contributed by atoms with Crippen LogP contribution in [0.2, 0.25) is 0 Å². The molecule has 0 saturated carbocycles. The molecule has 1 aromatic heterocycles. The summed E-state index contributed by atoms with van der Waals surface area (Å²) in [7, 11) is 0. The van der Waals surface area contributed by atoms with Crippen molar-refractivity contribution in [1.29, 1.82) is 0 Å². The number of hydrogen-bond acceptors (Lipinski definition) is 3. The molecule has 0 aliphatic heterocycles. The first-order valence-corrected chi connectivity index (χ1v) is 6.81. The zero-order chi connectivity index (χ0) is 14.0. The minimum Gasteiger partial charge on any atom is -0.292 e. The highest BCUT2D eigenvalue weighted by molar-refractivity contribution is 9.10. The van der Waals surface area contributed by atoms with Gasteiger partial charge in [0.25, 0.3) is 0 Å². The summed E-state index contributed by atoms with van der Waals surface area (Å²) in [6, 6.07) is 4.67. The topological polar surface area (TPSA) is 47.8 Å². The zero-order valence-corrected chi connectivity index (χ0v) is 12.2. The summed E-state index contributed by atoms with van der Waals surface area (Å²) in [5.41, 5.74) is 1.22. The number of rotatable bonds is 4. The zero-order valence-electron chi connectivity index (χ0n) is 10.7. The number of para-hydroxylation sites is 1. The highest BCUT2D eigenvalue weighted by Gasteiger charge is 2.20. The van der Waals surface area contributed by atoms with Crippen LogP contribution in [0.3, 0.4) is 0 Å². The molecule has 0 unspecified atom stereocenters. The fraction of sp³-hybridized carbons (Fsp3) is 0.308. The Balaban J connectivity index is 2.64. The highest BCUT2D eigenvalue weighted by Crippen LogP contribution is 2.25.